The Morgan fingerprint density at radius 2 is 1.14 bits per heavy atom. The minimum Gasteiger partial charge on any atom is -1.00 e. The fourth-order valence-electron chi connectivity index (χ4n) is 9.13. The summed E-state index contributed by atoms with van der Waals surface area (Å²) >= 11 is 0. The Morgan fingerprint density at radius 3 is 1.67 bits per heavy atom. The summed E-state index contributed by atoms with van der Waals surface area (Å²) in [6, 6.07) is 17.2. The monoisotopic (exact) mass is 594 g/mol. The Labute approximate surface area is 266 Å². The lowest BCUT2D eigenvalue weighted by Gasteiger charge is -2.32. The molecule has 0 N–H and O–H groups in total. The number of nitrogens with zero attached hydrogens (tertiary/aromatic N) is 2. The smallest absolute Gasteiger partial charge is 0.254 e. The molecule has 43 heavy (non-hydrogen) atoms. The third-order valence-corrected chi connectivity index (χ3v) is 11.1. The molecule has 0 amide bonds. The van der Waals surface area contributed by atoms with Crippen LogP contribution in [0.15, 0.2) is 55.0 Å². The van der Waals surface area contributed by atoms with Gasteiger partial charge in [-0.25, -0.2) is 4.57 Å². The molecule has 2 heterocycles. The summed E-state index contributed by atoms with van der Waals surface area (Å²) in [5, 5.41) is 0. The number of rotatable bonds is 5. The van der Waals surface area contributed by atoms with E-state index in [9.17, 15) is 0 Å². The Hall–Kier alpha value is -2.58. The highest BCUT2D eigenvalue weighted by molar-refractivity contribution is 5.73. The fraction of sp³-hybridized carbons (Fsp3) is 0.525. The molecule has 2 aromatic heterocycles. The van der Waals surface area contributed by atoms with Crippen LogP contribution in [0.1, 0.15) is 147 Å². The number of halogens is 1. The van der Waals surface area contributed by atoms with Crippen molar-refractivity contribution in [1.29, 1.82) is 0 Å². The molecule has 0 bridgehead atoms. The van der Waals surface area contributed by atoms with Crippen molar-refractivity contribution < 1.29 is 17.0 Å². The van der Waals surface area contributed by atoms with Crippen molar-refractivity contribution in [3.63, 3.8) is 0 Å². The standard InChI is InChI=1S/C40H51N2.ClH/c1-28-22-29(2)40(30(3)23-28)41-26-35-20-13-21-38(42(35)27-41)39-36(32-16-9-5-10-17-32)24-34(31-14-7-4-8-15-31)25-37(39)33-18-11-6-12-19-33;/h13,20-27,31-33H,4-12,14-19H2,1-3H3;1H/q+1;/p-1. The second-order valence-electron chi connectivity index (χ2n) is 14.2. The molecule has 2 nitrogen and oxygen atoms in total. The van der Waals surface area contributed by atoms with Crippen molar-refractivity contribution in [1.82, 2.24) is 4.40 Å². The van der Waals surface area contributed by atoms with Crippen molar-refractivity contribution in [2.45, 2.75) is 135 Å². The van der Waals surface area contributed by atoms with Crippen molar-refractivity contribution in [3.05, 3.63) is 88.4 Å². The molecule has 0 aliphatic heterocycles. The molecule has 3 saturated carbocycles. The molecule has 2 aromatic carbocycles. The summed E-state index contributed by atoms with van der Waals surface area (Å²) in [6.07, 6.45) is 25.5. The molecule has 3 heteroatoms. The number of imidazole rings is 1. The molecule has 0 spiro atoms. The van der Waals surface area contributed by atoms with Crippen molar-refractivity contribution in [2.75, 3.05) is 0 Å². The van der Waals surface area contributed by atoms with Gasteiger partial charge in [0.15, 0.2) is 5.52 Å². The van der Waals surface area contributed by atoms with Crippen LogP contribution in [0.2, 0.25) is 0 Å². The minimum absolute atomic E-state index is 0. The molecule has 3 aliphatic rings. The van der Waals surface area contributed by atoms with Crippen molar-refractivity contribution >= 4 is 5.52 Å². The number of aromatic nitrogens is 2. The van der Waals surface area contributed by atoms with Gasteiger partial charge in [-0.05, 0) is 117 Å². The van der Waals surface area contributed by atoms with Crippen LogP contribution in [0.4, 0.5) is 0 Å². The first-order valence-corrected chi connectivity index (χ1v) is 17.4. The third-order valence-electron chi connectivity index (χ3n) is 11.1. The number of hydrogen-bond acceptors (Lipinski definition) is 0. The van der Waals surface area contributed by atoms with E-state index in [2.05, 4.69) is 84.7 Å². The van der Waals surface area contributed by atoms with Gasteiger partial charge in [-0.3, -0.25) is 0 Å². The highest BCUT2D eigenvalue weighted by Gasteiger charge is 2.31. The molecule has 0 atom stereocenters. The Kier molecular flexibility index (Phi) is 9.34. The van der Waals surface area contributed by atoms with Gasteiger partial charge in [0.1, 0.15) is 17.6 Å². The van der Waals surface area contributed by atoms with Gasteiger partial charge in [-0.1, -0.05) is 93.7 Å². The van der Waals surface area contributed by atoms with Gasteiger partial charge >= 0.3 is 0 Å². The molecule has 3 fully saturated rings. The van der Waals surface area contributed by atoms with Crippen molar-refractivity contribution in [2.24, 2.45) is 0 Å². The molecule has 228 valence electrons. The summed E-state index contributed by atoms with van der Waals surface area (Å²) < 4.78 is 4.91. The number of benzene rings is 2. The van der Waals surface area contributed by atoms with E-state index >= 15 is 0 Å². The van der Waals surface area contributed by atoms with Gasteiger partial charge in [0, 0.05) is 5.56 Å². The Morgan fingerprint density at radius 1 is 0.628 bits per heavy atom. The first-order valence-electron chi connectivity index (χ1n) is 17.4. The van der Waals surface area contributed by atoms with Crippen LogP contribution in [0.3, 0.4) is 0 Å². The summed E-state index contributed by atoms with van der Waals surface area (Å²) in [6.45, 7) is 6.73. The largest absolute Gasteiger partial charge is 1.00 e. The van der Waals surface area contributed by atoms with Crippen molar-refractivity contribution in [3.8, 4) is 16.9 Å². The van der Waals surface area contributed by atoms with Gasteiger partial charge in [-0.2, -0.15) is 4.40 Å². The Bertz CT molecular complexity index is 1500. The number of aryl methyl sites for hydroxylation is 3. The summed E-state index contributed by atoms with van der Waals surface area (Å²) in [5.41, 5.74) is 14.7. The van der Waals surface area contributed by atoms with Gasteiger partial charge < -0.3 is 12.4 Å². The maximum absolute atomic E-state index is 2.73. The third kappa shape index (κ3) is 6.06. The van der Waals surface area contributed by atoms with E-state index in [1.165, 1.54) is 130 Å². The second-order valence-corrected chi connectivity index (χ2v) is 14.2. The van der Waals surface area contributed by atoms with Gasteiger partial charge in [-0.15, -0.1) is 0 Å². The average Bonchev–Trinajstić information content (AvgIpc) is 3.45. The first kappa shape index (κ1) is 30.4. The van der Waals surface area contributed by atoms with Crippen LogP contribution in [-0.4, -0.2) is 4.40 Å². The van der Waals surface area contributed by atoms with Gasteiger partial charge in [0.05, 0.1) is 0 Å². The number of fused-ring (bicyclic) bond motifs is 1. The number of pyridine rings is 1. The number of hydrogen-bond donors (Lipinski definition) is 0. The lowest BCUT2D eigenvalue weighted by Crippen LogP contribution is -3.00. The van der Waals surface area contributed by atoms with E-state index < -0.39 is 0 Å². The summed E-state index contributed by atoms with van der Waals surface area (Å²) in [7, 11) is 0. The van der Waals surface area contributed by atoms with Crippen LogP contribution in [-0.2, 0) is 0 Å². The van der Waals surface area contributed by atoms with Gasteiger partial charge in [0.2, 0.25) is 0 Å². The molecule has 7 rings (SSSR count). The molecule has 0 unspecified atom stereocenters. The van der Waals surface area contributed by atoms with E-state index in [4.69, 9.17) is 0 Å². The maximum Gasteiger partial charge on any atom is 0.254 e. The van der Waals surface area contributed by atoms with E-state index in [0.717, 1.165) is 5.92 Å². The van der Waals surface area contributed by atoms with Crippen LogP contribution < -0.4 is 17.0 Å². The highest BCUT2D eigenvalue weighted by Crippen LogP contribution is 2.47. The molecule has 0 radical (unpaired) electrons. The predicted octanol–water partition coefficient (Wildman–Crippen LogP) is 7.96. The quantitative estimate of drug-likeness (QED) is 0.207. The highest BCUT2D eigenvalue weighted by atomic mass is 35.5. The van der Waals surface area contributed by atoms with E-state index in [1.807, 2.05) is 0 Å². The van der Waals surface area contributed by atoms with E-state index in [-0.39, 0.29) is 12.4 Å². The van der Waals surface area contributed by atoms with E-state index in [1.54, 1.807) is 22.3 Å². The topological polar surface area (TPSA) is 8.29 Å². The SMILES string of the molecule is Cc1cc(C)c(-[n+]2cc3cccc(-c4c(C5CCCCC5)cc(C5CCCCC5)cc4C4CCCCC4)n3c2)c(C)c1.[Cl-]. The lowest BCUT2D eigenvalue weighted by atomic mass is 9.73. The second kappa shape index (κ2) is 13.2. The summed E-state index contributed by atoms with van der Waals surface area (Å²) in [4.78, 5) is 0. The first-order chi connectivity index (χ1) is 20.6. The van der Waals surface area contributed by atoms with Crippen LogP contribution in [0, 0.1) is 20.8 Å². The molecule has 0 saturated heterocycles. The van der Waals surface area contributed by atoms with Crippen LogP contribution in [0.25, 0.3) is 22.5 Å². The predicted molar refractivity (Wildman–Crippen MR) is 176 cm³/mol. The normalized spacial score (nSPS) is 19.0. The molecule has 3 aliphatic carbocycles. The molecular weight excluding hydrogens is 544 g/mol. The average molecular weight is 595 g/mol. The van der Waals surface area contributed by atoms with Gasteiger partial charge in [0.25, 0.3) is 6.33 Å². The Balaban J connectivity index is 0.00000329. The lowest BCUT2D eigenvalue weighted by molar-refractivity contribution is -0.594. The fourth-order valence-corrected chi connectivity index (χ4v) is 9.13. The molecule has 4 aromatic rings. The minimum atomic E-state index is 0. The summed E-state index contributed by atoms with van der Waals surface area (Å²) in [5.74, 6) is 2.15. The zero-order valence-corrected chi connectivity index (χ0v) is 27.6. The van der Waals surface area contributed by atoms with E-state index in [0.29, 0.717) is 11.8 Å². The zero-order chi connectivity index (χ0) is 28.6. The van der Waals surface area contributed by atoms with Crippen LogP contribution in [0.5, 0.6) is 0 Å². The van der Waals surface area contributed by atoms with Crippen LogP contribution >= 0.6 is 0 Å². The zero-order valence-electron chi connectivity index (χ0n) is 26.8. The molecular formula is C40H51ClN2. The maximum atomic E-state index is 2.73.